The first-order valence-electron chi connectivity index (χ1n) is 7.12. The predicted octanol–water partition coefficient (Wildman–Crippen LogP) is 1.45. The average Bonchev–Trinajstić information content (AvgIpc) is 2.86. The van der Waals surface area contributed by atoms with Gasteiger partial charge in [-0.2, -0.15) is 5.10 Å². The smallest absolute Gasteiger partial charge is 0.142 e. The Morgan fingerprint density at radius 1 is 1.11 bits per heavy atom. The summed E-state index contributed by atoms with van der Waals surface area (Å²) in [4.78, 5) is 5.05. The van der Waals surface area contributed by atoms with Gasteiger partial charge in [-0.25, -0.2) is 0 Å². The third-order valence-corrected chi connectivity index (χ3v) is 4.36. The fourth-order valence-electron chi connectivity index (χ4n) is 3.30. The monoisotopic (exact) mass is 249 g/mol. The Balaban J connectivity index is 1.56. The zero-order valence-electron chi connectivity index (χ0n) is 10.9. The standard InChI is InChI=1S/C13H23N5/c14-13-12(10-15-16-13)18-8-4-11(5-9-18)17-6-2-1-3-7-17/h10-11H,1-9H2,(H3,14,15,16). The summed E-state index contributed by atoms with van der Waals surface area (Å²) in [6.07, 6.45) is 8.54. The normalized spacial score (nSPS) is 23.4. The van der Waals surface area contributed by atoms with Crippen LogP contribution in [0.25, 0.3) is 0 Å². The van der Waals surface area contributed by atoms with Crippen molar-refractivity contribution in [2.45, 2.75) is 38.1 Å². The molecule has 0 amide bonds. The van der Waals surface area contributed by atoms with Crippen LogP contribution in [0.5, 0.6) is 0 Å². The van der Waals surface area contributed by atoms with Gasteiger partial charge in [0.2, 0.25) is 0 Å². The van der Waals surface area contributed by atoms with Crippen LogP contribution in [-0.4, -0.2) is 47.3 Å². The highest BCUT2D eigenvalue weighted by atomic mass is 15.3. The number of aromatic amines is 1. The molecule has 0 radical (unpaired) electrons. The van der Waals surface area contributed by atoms with Crippen LogP contribution in [0.3, 0.4) is 0 Å². The summed E-state index contributed by atoms with van der Waals surface area (Å²) in [5, 5.41) is 6.82. The number of nitrogen functional groups attached to an aromatic ring is 1. The van der Waals surface area contributed by atoms with Crippen LogP contribution < -0.4 is 10.6 Å². The number of anilines is 2. The number of rotatable bonds is 2. The fraction of sp³-hybridized carbons (Fsp3) is 0.769. The summed E-state index contributed by atoms with van der Waals surface area (Å²) in [6, 6.07) is 0.787. The number of aromatic nitrogens is 2. The Morgan fingerprint density at radius 3 is 2.44 bits per heavy atom. The van der Waals surface area contributed by atoms with Crippen LogP contribution in [0.15, 0.2) is 6.20 Å². The van der Waals surface area contributed by atoms with Gasteiger partial charge in [0.1, 0.15) is 5.82 Å². The van der Waals surface area contributed by atoms with Crippen LogP contribution in [0.2, 0.25) is 0 Å². The Labute approximate surface area is 108 Å². The maximum absolute atomic E-state index is 5.88. The quantitative estimate of drug-likeness (QED) is 0.833. The Kier molecular flexibility index (Phi) is 3.41. The maximum Gasteiger partial charge on any atom is 0.142 e. The number of nitrogens with one attached hydrogen (secondary N) is 1. The van der Waals surface area contributed by atoms with E-state index in [-0.39, 0.29) is 0 Å². The lowest BCUT2D eigenvalue weighted by molar-refractivity contribution is 0.141. The van der Waals surface area contributed by atoms with Crippen molar-refractivity contribution < 1.29 is 0 Å². The molecular formula is C13H23N5. The summed E-state index contributed by atoms with van der Waals surface area (Å²) >= 11 is 0. The van der Waals surface area contributed by atoms with Crippen LogP contribution in [-0.2, 0) is 0 Å². The molecule has 3 N–H and O–H groups in total. The second-order valence-electron chi connectivity index (χ2n) is 5.48. The number of likely N-dealkylation sites (tertiary alicyclic amines) is 1. The van der Waals surface area contributed by atoms with Gasteiger partial charge >= 0.3 is 0 Å². The Morgan fingerprint density at radius 2 is 1.83 bits per heavy atom. The van der Waals surface area contributed by atoms with Crippen molar-refractivity contribution in [3.05, 3.63) is 6.20 Å². The van der Waals surface area contributed by atoms with Crippen LogP contribution >= 0.6 is 0 Å². The van der Waals surface area contributed by atoms with E-state index in [2.05, 4.69) is 20.0 Å². The highest BCUT2D eigenvalue weighted by molar-refractivity contribution is 5.62. The number of hydrogen-bond donors (Lipinski definition) is 2. The lowest BCUT2D eigenvalue weighted by Crippen LogP contribution is -2.46. The van der Waals surface area contributed by atoms with E-state index in [0.29, 0.717) is 5.82 Å². The minimum absolute atomic E-state index is 0.700. The molecule has 0 aliphatic carbocycles. The molecule has 0 saturated carbocycles. The van der Waals surface area contributed by atoms with E-state index in [1.54, 1.807) is 0 Å². The minimum Gasteiger partial charge on any atom is -0.382 e. The molecule has 2 fully saturated rings. The predicted molar refractivity (Wildman–Crippen MR) is 73.7 cm³/mol. The molecule has 0 atom stereocenters. The van der Waals surface area contributed by atoms with E-state index in [4.69, 9.17) is 5.73 Å². The zero-order valence-corrected chi connectivity index (χ0v) is 10.9. The minimum atomic E-state index is 0.700. The van der Waals surface area contributed by atoms with Crippen molar-refractivity contribution in [1.29, 1.82) is 0 Å². The van der Waals surface area contributed by atoms with Crippen molar-refractivity contribution in [2.24, 2.45) is 0 Å². The van der Waals surface area contributed by atoms with Gasteiger partial charge in [0.25, 0.3) is 0 Å². The molecule has 0 spiro atoms. The Hall–Kier alpha value is -1.23. The van der Waals surface area contributed by atoms with Gasteiger partial charge in [-0.1, -0.05) is 6.42 Å². The molecular weight excluding hydrogens is 226 g/mol. The van der Waals surface area contributed by atoms with Crippen molar-refractivity contribution in [2.75, 3.05) is 36.8 Å². The highest BCUT2D eigenvalue weighted by Gasteiger charge is 2.26. The van der Waals surface area contributed by atoms with E-state index < -0.39 is 0 Å². The van der Waals surface area contributed by atoms with E-state index in [1.807, 2.05) is 6.20 Å². The first-order valence-corrected chi connectivity index (χ1v) is 7.12. The number of hydrogen-bond acceptors (Lipinski definition) is 4. The molecule has 1 aromatic heterocycles. The van der Waals surface area contributed by atoms with Crippen LogP contribution in [0, 0.1) is 0 Å². The average molecular weight is 249 g/mol. The van der Waals surface area contributed by atoms with Gasteiger partial charge in [0, 0.05) is 19.1 Å². The topological polar surface area (TPSA) is 61.2 Å². The van der Waals surface area contributed by atoms with Gasteiger partial charge in [0.05, 0.1) is 11.9 Å². The molecule has 3 heterocycles. The fourth-order valence-corrected chi connectivity index (χ4v) is 3.30. The highest BCUT2D eigenvalue weighted by Crippen LogP contribution is 2.26. The number of H-pyrrole nitrogens is 1. The van der Waals surface area contributed by atoms with Crippen molar-refractivity contribution in [3.63, 3.8) is 0 Å². The molecule has 2 aliphatic heterocycles. The first kappa shape index (κ1) is 11.8. The Bertz CT molecular complexity index is 374. The van der Waals surface area contributed by atoms with Gasteiger partial charge in [-0.3, -0.25) is 5.10 Å². The third kappa shape index (κ3) is 2.32. The van der Waals surface area contributed by atoms with Crippen molar-refractivity contribution >= 4 is 11.5 Å². The molecule has 3 rings (SSSR count). The molecule has 2 saturated heterocycles. The molecule has 5 heteroatoms. The summed E-state index contributed by atoms with van der Waals surface area (Å²) < 4.78 is 0. The molecule has 0 bridgehead atoms. The zero-order chi connectivity index (χ0) is 12.4. The molecule has 100 valence electrons. The van der Waals surface area contributed by atoms with E-state index >= 15 is 0 Å². The number of nitrogens with two attached hydrogens (primary N) is 1. The van der Waals surface area contributed by atoms with E-state index in [0.717, 1.165) is 24.8 Å². The van der Waals surface area contributed by atoms with Crippen LogP contribution in [0.4, 0.5) is 11.5 Å². The maximum atomic E-state index is 5.88. The summed E-state index contributed by atoms with van der Waals surface area (Å²) in [5.74, 6) is 0.700. The van der Waals surface area contributed by atoms with Crippen molar-refractivity contribution in [3.8, 4) is 0 Å². The molecule has 0 unspecified atom stereocenters. The lowest BCUT2D eigenvalue weighted by Gasteiger charge is -2.40. The van der Waals surface area contributed by atoms with E-state index in [9.17, 15) is 0 Å². The van der Waals surface area contributed by atoms with Gasteiger partial charge in [-0.05, 0) is 38.8 Å². The molecule has 2 aliphatic rings. The molecule has 0 aromatic carbocycles. The van der Waals surface area contributed by atoms with Gasteiger partial charge < -0.3 is 15.5 Å². The lowest BCUT2D eigenvalue weighted by atomic mass is 10.00. The van der Waals surface area contributed by atoms with Gasteiger partial charge in [-0.15, -0.1) is 0 Å². The van der Waals surface area contributed by atoms with Gasteiger partial charge in [0.15, 0.2) is 0 Å². The first-order chi connectivity index (χ1) is 8.84. The summed E-state index contributed by atoms with van der Waals surface area (Å²) in [6.45, 7) is 4.81. The third-order valence-electron chi connectivity index (χ3n) is 4.36. The van der Waals surface area contributed by atoms with E-state index in [1.165, 1.54) is 45.2 Å². The number of nitrogens with zero attached hydrogens (tertiary/aromatic N) is 3. The van der Waals surface area contributed by atoms with Crippen LogP contribution in [0.1, 0.15) is 32.1 Å². The molecule has 1 aromatic rings. The second kappa shape index (κ2) is 5.18. The summed E-state index contributed by atoms with van der Waals surface area (Å²) in [5.41, 5.74) is 6.95. The number of piperidine rings is 2. The SMILES string of the molecule is Nc1[nH]ncc1N1CCC(N2CCCCC2)CC1. The summed E-state index contributed by atoms with van der Waals surface area (Å²) in [7, 11) is 0. The molecule has 5 nitrogen and oxygen atoms in total. The largest absolute Gasteiger partial charge is 0.382 e. The van der Waals surface area contributed by atoms with Crippen molar-refractivity contribution in [1.82, 2.24) is 15.1 Å². The molecule has 18 heavy (non-hydrogen) atoms. The second-order valence-corrected chi connectivity index (χ2v) is 5.48.